The number of aromatic nitrogens is 1. The summed E-state index contributed by atoms with van der Waals surface area (Å²) in [6, 6.07) is 16.3. The third kappa shape index (κ3) is 5.62. The molecule has 2 heterocycles. The number of benzene rings is 2. The monoisotopic (exact) mass is 476 g/mol. The van der Waals surface area contributed by atoms with Gasteiger partial charge in [-0.15, -0.1) is 0 Å². The van der Waals surface area contributed by atoms with Crippen LogP contribution in [0.25, 0.3) is 10.9 Å². The standard InChI is InChI=1S/C28H32N2O5/c1-17(2)14-20(25-27(33)35-28(3,4)34-25)26(32)30-23(15-18-10-6-5-7-11-18)24(31)21-16-29-22-13-9-8-12-19(21)22/h5-13,16-17,20,23,25,29H,14-15H2,1-4H3,(H,30,32)/t20?,23?,25-/m0/s1. The summed E-state index contributed by atoms with van der Waals surface area (Å²) >= 11 is 0. The first-order valence-electron chi connectivity index (χ1n) is 12.0. The Bertz CT molecular complexity index is 1210. The summed E-state index contributed by atoms with van der Waals surface area (Å²) in [5, 5.41) is 3.76. The van der Waals surface area contributed by atoms with Crippen LogP contribution in [-0.2, 0) is 25.5 Å². The van der Waals surface area contributed by atoms with Crippen molar-refractivity contribution in [1.29, 1.82) is 0 Å². The smallest absolute Gasteiger partial charge is 0.338 e. The van der Waals surface area contributed by atoms with Crippen molar-refractivity contribution in [2.24, 2.45) is 11.8 Å². The van der Waals surface area contributed by atoms with Crippen molar-refractivity contribution in [3.63, 3.8) is 0 Å². The zero-order chi connectivity index (χ0) is 25.2. The van der Waals surface area contributed by atoms with Crippen LogP contribution in [0.4, 0.5) is 0 Å². The molecule has 1 amide bonds. The number of rotatable bonds is 9. The average Bonchev–Trinajstić information content (AvgIpc) is 3.36. The van der Waals surface area contributed by atoms with Gasteiger partial charge in [-0.05, 0) is 24.0 Å². The van der Waals surface area contributed by atoms with Crippen LogP contribution in [-0.4, -0.2) is 40.6 Å². The maximum atomic E-state index is 13.7. The summed E-state index contributed by atoms with van der Waals surface area (Å²) in [6.07, 6.45) is 1.40. The first kappa shape index (κ1) is 24.7. The molecule has 0 saturated carbocycles. The van der Waals surface area contributed by atoms with Crippen LogP contribution in [0.5, 0.6) is 0 Å². The van der Waals surface area contributed by atoms with Gasteiger partial charge in [0.15, 0.2) is 11.9 Å². The van der Waals surface area contributed by atoms with E-state index in [1.807, 2.05) is 68.4 Å². The molecule has 0 spiro atoms. The number of fused-ring (bicyclic) bond motifs is 1. The Morgan fingerprint density at radius 2 is 1.74 bits per heavy atom. The molecule has 0 radical (unpaired) electrons. The maximum absolute atomic E-state index is 13.7. The number of ether oxygens (including phenoxy) is 2. The number of hydrogen-bond acceptors (Lipinski definition) is 5. The van der Waals surface area contributed by atoms with Gasteiger partial charge in [0.2, 0.25) is 11.7 Å². The molecule has 1 aromatic heterocycles. The number of carbonyl (C=O) groups is 3. The zero-order valence-electron chi connectivity index (χ0n) is 20.5. The van der Waals surface area contributed by atoms with E-state index in [1.54, 1.807) is 20.0 Å². The second kappa shape index (κ2) is 10.0. The highest BCUT2D eigenvalue weighted by Crippen LogP contribution is 2.31. The number of para-hydroxylation sites is 1. The van der Waals surface area contributed by atoms with E-state index >= 15 is 0 Å². The van der Waals surface area contributed by atoms with E-state index in [0.29, 0.717) is 18.4 Å². The van der Waals surface area contributed by atoms with Gasteiger partial charge in [-0.25, -0.2) is 4.79 Å². The van der Waals surface area contributed by atoms with Gasteiger partial charge in [0, 0.05) is 42.9 Å². The molecule has 1 aliphatic heterocycles. The van der Waals surface area contributed by atoms with Crippen LogP contribution >= 0.6 is 0 Å². The van der Waals surface area contributed by atoms with Gasteiger partial charge < -0.3 is 19.8 Å². The lowest BCUT2D eigenvalue weighted by Gasteiger charge is -2.26. The zero-order valence-corrected chi connectivity index (χ0v) is 20.5. The number of esters is 1. The highest BCUT2D eigenvalue weighted by atomic mass is 16.8. The molecule has 2 unspecified atom stereocenters. The minimum absolute atomic E-state index is 0.128. The Morgan fingerprint density at radius 1 is 1.06 bits per heavy atom. The number of H-pyrrole nitrogens is 1. The minimum Gasteiger partial charge on any atom is -0.432 e. The van der Waals surface area contributed by atoms with Gasteiger partial charge in [0.1, 0.15) is 0 Å². The van der Waals surface area contributed by atoms with Crippen molar-refractivity contribution in [2.75, 3.05) is 0 Å². The molecule has 4 rings (SSSR count). The van der Waals surface area contributed by atoms with Crippen LogP contribution in [0.1, 0.15) is 50.0 Å². The number of amides is 1. The number of aromatic amines is 1. The Labute approximate surface area is 205 Å². The molecule has 7 heteroatoms. The Hall–Kier alpha value is -3.45. The summed E-state index contributed by atoms with van der Waals surface area (Å²) in [5.41, 5.74) is 2.28. The van der Waals surface area contributed by atoms with E-state index in [4.69, 9.17) is 9.47 Å². The van der Waals surface area contributed by atoms with Gasteiger partial charge in [-0.3, -0.25) is 9.59 Å². The van der Waals surface area contributed by atoms with Crippen molar-refractivity contribution < 1.29 is 23.9 Å². The van der Waals surface area contributed by atoms with Gasteiger partial charge in [0.05, 0.1) is 12.0 Å². The summed E-state index contributed by atoms with van der Waals surface area (Å²) in [4.78, 5) is 43.0. The molecule has 1 aliphatic rings. The molecule has 0 aliphatic carbocycles. The fourth-order valence-corrected chi connectivity index (χ4v) is 4.60. The molecule has 1 saturated heterocycles. The first-order valence-corrected chi connectivity index (χ1v) is 12.0. The molecule has 0 bridgehead atoms. The lowest BCUT2D eigenvalue weighted by atomic mass is 9.90. The predicted molar refractivity (Wildman–Crippen MR) is 133 cm³/mol. The molecular weight excluding hydrogens is 444 g/mol. The number of hydrogen-bond donors (Lipinski definition) is 2. The van der Waals surface area contributed by atoms with Crippen molar-refractivity contribution in [2.45, 2.75) is 58.5 Å². The number of carbonyl (C=O) groups excluding carboxylic acids is 3. The second-order valence-corrected chi connectivity index (χ2v) is 9.96. The number of ketones is 1. The van der Waals surface area contributed by atoms with Crippen molar-refractivity contribution in [3.05, 3.63) is 71.9 Å². The molecule has 2 aromatic carbocycles. The third-order valence-electron chi connectivity index (χ3n) is 6.19. The summed E-state index contributed by atoms with van der Waals surface area (Å²) in [5.74, 6) is -2.90. The number of nitrogens with one attached hydrogen (secondary N) is 2. The predicted octanol–water partition coefficient (Wildman–Crippen LogP) is 4.42. The molecule has 7 nitrogen and oxygen atoms in total. The fraction of sp³-hybridized carbons (Fsp3) is 0.393. The van der Waals surface area contributed by atoms with E-state index in [2.05, 4.69) is 10.3 Å². The first-order chi connectivity index (χ1) is 16.6. The molecule has 184 valence electrons. The quantitative estimate of drug-likeness (QED) is 0.352. The summed E-state index contributed by atoms with van der Waals surface area (Å²) in [6.45, 7) is 7.25. The van der Waals surface area contributed by atoms with Gasteiger partial charge in [0.25, 0.3) is 0 Å². The van der Waals surface area contributed by atoms with Crippen molar-refractivity contribution >= 4 is 28.6 Å². The SMILES string of the molecule is CC(C)CC(C(=O)NC(Cc1ccccc1)C(=O)c1c[nH]c2ccccc12)[C@@H]1OC(C)(C)OC1=O. The van der Waals surface area contributed by atoms with Crippen LogP contribution in [0.2, 0.25) is 0 Å². The second-order valence-electron chi connectivity index (χ2n) is 9.96. The molecule has 1 fully saturated rings. The average molecular weight is 477 g/mol. The van der Waals surface area contributed by atoms with Crippen LogP contribution in [0, 0.1) is 11.8 Å². The Balaban J connectivity index is 1.64. The lowest BCUT2D eigenvalue weighted by molar-refractivity contribution is -0.162. The topological polar surface area (TPSA) is 97.5 Å². The maximum Gasteiger partial charge on any atom is 0.338 e. The van der Waals surface area contributed by atoms with Crippen LogP contribution in [0.15, 0.2) is 60.8 Å². The van der Waals surface area contributed by atoms with E-state index < -0.39 is 35.7 Å². The van der Waals surface area contributed by atoms with Gasteiger partial charge in [-0.2, -0.15) is 0 Å². The van der Waals surface area contributed by atoms with Crippen molar-refractivity contribution in [3.8, 4) is 0 Å². The van der Waals surface area contributed by atoms with Crippen molar-refractivity contribution in [1.82, 2.24) is 10.3 Å². The van der Waals surface area contributed by atoms with Crippen LogP contribution < -0.4 is 5.32 Å². The summed E-state index contributed by atoms with van der Waals surface area (Å²) in [7, 11) is 0. The largest absolute Gasteiger partial charge is 0.432 e. The van der Waals surface area contributed by atoms with Gasteiger partial charge in [-0.1, -0.05) is 62.4 Å². The third-order valence-corrected chi connectivity index (χ3v) is 6.19. The molecule has 2 N–H and O–H groups in total. The molecule has 3 atom stereocenters. The number of Topliss-reactive ketones (excluding diaryl/α,β-unsaturated/α-hetero) is 1. The Morgan fingerprint density at radius 3 is 2.40 bits per heavy atom. The van der Waals surface area contributed by atoms with Crippen LogP contribution in [0.3, 0.4) is 0 Å². The fourth-order valence-electron chi connectivity index (χ4n) is 4.60. The lowest BCUT2D eigenvalue weighted by Crippen LogP contribution is -2.49. The molecular formula is C28H32N2O5. The molecule has 35 heavy (non-hydrogen) atoms. The van der Waals surface area contributed by atoms with E-state index in [1.165, 1.54) is 0 Å². The highest BCUT2D eigenvalue weighted by Gasteiger charge is 2.48. The Kier molecular flexibility index (Phi) is 7.08. The highest BCUT2D eigenvalue weighted by molar-refractivity contribution is 6.11. The van der Waals surface area contributed by atoms with E-state index in [0.717, 1.165) is 16.5 Å². The minimum atomic E-state index is -1.10. The van der Waals surface area contributed by atoms with E-state index in [9.17, 15) is 14.4 Å². The normalized spacial score (nSPS) is 18.9. The summed E-state index contributed by atoms with van der Waals surface area (Å²) < 4.78 is 11.1. The number of cyclic esters (lactones) is 1. The molecule has 3 aromatic rings. The van der Waals surface area contributed by atoms with Gasteiger partial charge >= 0.3 is 5.97 Å². The van der Waals surface area contributed by atoms with E-state index in [-0.39, 0.29) is 11.7 Å².